The van der Waals surface area contributed by atoms with Crippen LogP contribution in [0, 0.1) is 5.82 Å². The van der Waals surface area contributed by atoms with Gasteiger partial charge in [0.25, 0.3) is 0 Å². The van der Waals surface area contributed by atoms with Crippen molar-refractivity contribution in [2.45, 2.75) is 12.5 Å². The maximum Gasteiger partial charge on any atom is 0.124 e. The topological polar surface area (TPSA) is 62.4 Å². The van der Waals surface area contributed by atoms with Crippen molar-refractivity contribution in [1.82, 2.24) is 15.2 Å². The summed E-state index contributed by atoms with van der Waals surface area (Å²) in [5, 5.41) is 19.4. The zero-order valence-corrected chi connectivity index (χ0v) is 17.9. The fourth-order valence-electron chi connectivity index (χ4n) is 3.72. The van der Waals surface area contributed by atoms with E-state index in [0.29, 0.717) is 17.7 Å². The average Bonchev–Trinajstić information content (AvgIpc) is 3.44. The number of hydrazone groups is 1. The highest BCUT2D eigenvalue weighted by Crippen LogP contribution is 2.34. The number of benzene rings is 3. The zero-order chi connectivity index (χ0) is 21.4. The minimum absolute atomic E-state index is 0.00992. The van der Waals surface area contributed by atoms with E-state index in [4.69, 9.17) is 5.10 Å². The number of rotatable bonds is 4. The lowest BCUT2D eigenvalue weighted by Gasteiger charge is -2.10. The second-order valence-corrected chi connectivity index (χ2v) is 8.24. The summed E-state index contributed by atoms with van der Waals surface area (Å²) in [5.41, 5.74) is 7.90. The van der Waals surface area contributed by atoms with E-state index in [1.807, 2.05) is 65.5 Å². The summed E-state index contributed by atoms with van der Waals surface area (Å²) >= 11 is 3.48. The molecule has 1 aliphatic heterocycles. The minimum Gasteiger partial charge on any atom is -0.507 e. The van der Waals surface area contributed by atoms with Crippen LogP contribution >= 0.6 is 15.9 Å². The van der Waals surface area contributed by atoms with Gasteiger partial charge in [0, 0.05) is 33.8 Å². The Hall–Kier alpha value is -3.45. The van der Waals surface area contributed by atoms with E-state index in [-0.39, 0.29) is 11.8 Å². The van der Waals surface area contributed by atoms with E-state index < -0.39 is 5.82 Å². The molecule has 1 aromatic heterocycles. The van der Waals surface area contributed by atoms with Crippen LogP contribution in [-0.2, 0) is 0 Å². The molecule has 2 N–H and O–H groups in total. The molecule has 0 amide bonds. The summed E-state index contributed by atoms with van der Waals surface area (Å²) < 4.78 is 16.6. The number of nitrogens with one attached hydrogen (secondary N) is 1. The molecule has 0 fully saturated rings. The van der Waals surface area contributed by atoms with Crippen molar-refractivity contribution >= 4 is 21.6 Å². The van der Waals surface area contributed by atoms with Crippen LogP contribution in [0.2, 0.25) is 0 Å². The normalized spacial score (nSPS) is 15.5. The molecule has 0 aliphatic carbocycles. The number of hydrogen-bond donors (Lipinski definition) is 2. The summed E-state index contributed by atoms with van der Waals surface area (Å²) in [7, 11) is 0. The van der Waals surface area contributed by atoms with Gasteiger partial charge >= 0.3 is 0 Å². The first kappa shape index (κ1) is 19.5. The lowest BCUT2D eigenvalue weighted by Crippen LogP contribution is -2.10. The van der Waals surface area contributed by atoms with Crippen LogP contribution in [0.4, 0.5) is 4.39 Å². The number of phenols is 1. The van der Waals surface area contributed by atoms with Gasteiger partial charge in [-0.15, -0.1) is 0 Å². The summed E-state index contributed by atoms with van der Waals surface area (Å²) in [6.45, 7) is 0. The van der Waals surface area contributed by atoms with Crippen molar-refractivity contribution in [2.24, 2.45) is 5.10 Å². The SMILES string of the molecule is Oc1ccc(F)cc1C1=NNC(c2cn(-c3ccccc3)nc2-c2ccc(Br)cc2)C1. The Kier molecular flexibility index (Phi) is 5.03. The van der Waals surface area contributed by atoms with Gasteiger partial charge in [-0.3, -0.25) is 0 Å². The molecular formula is C24H18BrFN4O. The third kappa shape index (κ3) is 3.84. The minimum atomic E-state index is -0.411. The Morgan fingerprint density at radius 2 is 1.81 bits per heavy atom. The van der Waals surface area contributed by atoms with Gasteiger partial charge in [0.15, 0.2) is 0 Å². The molecule has 0 spiro atoms. The van der Waals surface area contributed by atoms with Crippen LogP contribution in [0.25, 0.3) is 16.9 Å². The first-order valence-electron chi connectivity index (χ1n) is 9.80. The molecule has 1 aliphatic rings. The van der Waals surface area contributed by atoms with Gasteiger partial charge < -0.3 is 10.5 Å². The first-order chi connectivity index (χ1) is 15.1. The number of aromatic nitrogens is 2. The maximum absolute atomic E-state index is 13.7. The summed E-state index contributed by atoms with van der Waals surface area (Å²) in [5.74, 6) is -0.401. The van der Waals surface area contributed by atoms with Crippen LogP contribution < -0.4 is 5.43 Å². The molecular weight excluding hydrogens is 459 g/mol. The van der Waals surface area contributed by atoms with Crippen LogP contribution in [-0.4, -0.2) is 20.6 Å². The number of hydrogen-bond acceptors (Lipinski definition) is 4. The number of nitrogens with zero attached hydrogens (tertiary/aromatic N) is 3. The smallest absolute Gasteiger partial charge is 0.124 e. The van der Waals surface area contributed by atoms with E-state index >= 15 is 0 Å². The van der Waals surface area contributed by atoms with Crippen LogP contribution in [0.15, 0.2) is 88.6 Å². The van der Waals surface area contributed by atoms with Gasteiger partial charge in [0.05, 0.1) is 23.1 Å². The molecule has 1 atom stereocenters. The molecule has 31 heavy (non-hydrogen) atoms. The molecule has 154 valence electrons. The van der Waals surface area contributed by atoms with E-state index in [1.165, 1.54) is 18.2 Å². The molecule has 5 nitrogen and oxygen atoms in total. The summed E-state index contributed by atoms with van der Waals surface area (Å²) in [4.78, 5) is 0. The van der Waals surface area contributed by atoms with Crippen LogP contribution in [0.1, 0.15) is 23.6 Å². The summed E-state index contributed by atoms with van der Waals surface area (Å²) in [6, 6.07) is 21.6. The van der Waals surface area contributed by atoms with Crippen molar-refractivity contribution in [2.75, 3.05) is 0 Å². The molecule has 3 aromatic carbocycles. The van der Waals surface area contributed by atoms with Gasteiger partial charge in [-0.05, 0) is 42.5 Å². The molecule has 0 saturated heterocycles. The van der Waals surface area contributed by atoms with Crippen LogP contribution in [0.5, 0.6) is 5.75 Å². The van der Waals surface area contributed by atoms with Gasteiger partial charge in [0.1, 0.15) is 11.6 Å². The van der Waals surface area contributed by atoms with Gasteiger partial charge in [-0.25, -0.2) is 9.07 Å². The van der Waals surface area contributed by atoms with Gasteiger partial charge in [0.2, 0.25) is 0 Å². The zero-order valence-electron chi connectivity index (χ0n) is 16.3. The quantitative estimate of drug-likeness (QED) is 0.403. The fraction of sp³-hybridized carbons (Fsp3) is 0.0833. The maximum atomic E-state index is 13.7. The van der Waals surface area contributed by atoms with Crippen molar-refractivity contribution in [3.63, 3.8) is 0 Å². The van der Waals surface area contributed by atoms with Gasteiger partial charge in [-0.2, -0.15) is 10.2 Å². The fourth-order valence-corrected chi connectivity index (χ4v) is 3.98. The Balaban J connectivity index is 1.53. The third-order valence-electron chi connectivity index (χ3n) is 5.28. The highest BCUT2D eigenvalue weighted by Gasteiger charge is 2.28. The molecule has 5 rings (SSSR count). The first-order valence-corrected chi connectivity index (χ1v) is 10.6. The van der Waals surface area contributed by atoms with E-state index in [1.54, 1.807) is 0 Å². The number of phenolic OH excluding ortho intramolecular Hbond substituents is 1. The van der Waals surface area contributed by atoms with Crippen molar-refractivity contribution in [1.29, 1.82) is 0 Å². The second kappa shape index (κ2) is 8.00. The van der Waals surface area contributed by atoms with Crippen molar-refractivity contribution in [3.8, 4) is 22.7 Å². The van der Waals surface area contributed by atoms with Crippen LogP contribution in [0.3, 0.4) is 0 Å². The number of aromatic hydroxyl groups is 1. The van der Waals surface area contributed by atoms with Crippen molar-refractivity contribution in [3.05, 3.63) is 100 Å². The lowest BCUT2D eigenvalue weighted by molar-refractivity contribution is 0.471. The molecule has 0 saturated carbocycles. The Morgan fingerprint density at radius 3 is 2.58 bits per heavy atom. The lowest BCUT2D eigenvalue weighted by atomic mass is 9.97. The van der Waals surface area contributed by atoms with E-state index in [2.05, 4.69) is 26.5 Å². The molecule has 1 unspecified atom stereocenters. The molecule has 0 bridgehead atoms. The second-order valence-electron chi connectivity index (χ2n) is 7.33. The molecule has 7 heteroatoms. The standard InChI is InChI=1S/C24H18BrFN4O/c25-16-8-6-15(7-9-16)24-20(14-30(29-24)18-4-2-1-3-5-18)22-13-21(27-28-22)19-12-17(26)10-11-23(19)31/h1-12,14,22,28,31H,13H2. The Morgan fingerprint density at radius 1 is 1.03 bits per heavy atom. The molecule has 4 aromatic rings. The van der Waals surface area contributed by atoms with E-state index in [0.717, 1.165) is 27.0 Å². The van der Waals surface area contributed by atoms with Gasteiger partial charge in [-0.1, -0.05) is 46.3 Å². The monoisotopic (exact) mass is 476 g/mol. The largest absolute Gasteiger partial charge is 0.507 e. The molecule has 2 heterocycles. The van der Waals surface area contributed by atoms with Crippen molar-refractivity contribution < 1.29 is 9.50 Å². The predicted molar refractivity (Wildman–Crippen MR) is 122 cm³/mol. The highest BCUT2D eigenvalue weighted by atomic mass is 79.9. The average molecular weight is 477 g/mol. The highest BCUT2D eigenvalue weighted by molar-refractivity contribution is 9.10. The molecule has 0 radical (unpaired) electrons. The summed E-state index contributed by atoms with van der Waals surface area (Å²) in [6.07, 6.45) is 2.50. The Bertz CT molecular complexity index is 1270. The number of para-hydroxylation sites is 1. The predicted octanol–water partition coefficient (Wildman–Crippen LogP) is 5.59. The number of halogens is 2. The third-order valence-corrected chi connectivity index (χ3v) is 5.81. The van der Waals surface area contributed by atoms with E-state index in [9.17, 15) is 9.50 Å². The Labute approximate surface area is 187 Å².